The van der Waals surface area contributed by atoms with Gasteiger partial charge in [-0.25, -0.2) is 0 Å². The van der Waals surface area contributed by atoms with Gasteiger partial charge in [-0.1, -0.05) is 26.8 Å². The van der Waals surface area contributed by atoms with E-state index in [4.69, 9.17) is 0 Å². The maximum absolute atomic E-state index is 12.2. The Bertz CT molecular complexity index is 824. The normalized spacial score (nSPS) is 13.7. The molecule has 21 heavy (non-hydrogen) atoms. The molecule has 0 saturated carbocycles. The second kappa shape index (κ2) is 5.77. The van der Waals surface area contributed by atoms with Crippen LogP contribution in [0.3, 0.4) is 0 Å². The van der Waals surface area contributed by atoms with Crippen LogP contribution in [0.15, 0.2) is 29.3 Å². The molecule has 2 rings (SSSR count). The molecule has 5 heteroatoms. The van der Waals surface area contributed by atoms with E-state index in [9.17, 15) is 9.59 Å². The van der Waals surface area contributed by atoms with Crippen molar-refractivity contribution in [2.75, 3.05) is 0 Å². The Kier molecular flexibility index (Phi) is 4.23. The average Bonchev–Trinajstić information content (AvgIpc) is 2.67. The Hall–Kier alpha value is -2.01. The molecule has 0 unspecified atom stereocenters. The Balaban J connectivity index is 2.58. The predicted molar refractivity (Wildman–Crippen MR) is 85.5 cm³/mol. The molecule has 110 valence electrons. The number of hydrogen-bond donors (Lipinski definition) is 0. The summed E-state index contributed by atoms with van der Waals surface area (Å²) in [5, 5.41) is 0. The van der Waals surface area contributed by atoms with Crippen molar-refractivity contribution in [1.82, 2.24) is 9.55 Å². The van der Waals surface area contributed by atoms with Gasteiger partial charge in [0.25, 0.3) is 5.56 Å². The molecule has 2 aromatic rings. The van der Waals surface area contributed by atoms with E-state index in [-0.39, 0.29) is 11.3 Å². The van der Waals surface area contributed by atoms with Crippen LogP contribution < -0.4 is 14.8 Å². The van der Waals surface area contributed by atoms with Gasteiger partial charge in [-0.05, 0) is 17.7 Å². The van der Waals surface area contributed by atoms with Gasteiger partial charge in [0, 0.05) is 30.9 Å². The van der Waals surface area contributed by atoms with Gasteiger partial charge in [0.1, 0.15) is 4.66 Å². The topological polar surface area (TPSA) is 52.0 Å². The lowest BCUT2D eigenvalue weighted by atomic mass is 9.91. The highest BCUT2D eigenvalue weighted by atomic mass is 32.1. The van der Waals surface area contributed by atoms with E-state index in [1.165, 1.54) is 15.9 Å². The van der Waals surface area contributed by atoms with Crippen LogP contribution in [0.1, 0.15) is 26.3 Å². The summed E-state index contributed by atoms with van der Waals surface area (Å²) in [5.41, 5.74) is 0.315. The zero-order chi connectivity index (χ0) is 15.6. The minimum Gasteiger partial charge on any atom is -0.302 e. The van der Waals surface area contributed by atoms with Crippen molar-refractivity contribution in [2.24, 2.45) is 12.5 Å². The van der Waals surface area contributed by atoms with Crippen LogP contribution in [0.25, 0.3) is 12.2 Å². The largest absolute Gasteiger partial charge is 0.302 e. The molecule has 0 amide bonds. The van der Waals surface area contributed by atoms with Gasteiger partial charge in [-0.3, -0.25) is 14.6 Å². The third-order valence-electron chi connectivity index (χ3n) is 3.04. The first-order chi connectivity index (χ1) is 9.79. The number of hydrogen-bond acceptors (Lipinski definition) is 4. The molecule has 0 atom stereocenters. The molecule has 0 N–H and O–H groups in total. The molecule has 2 heterocycles. The van der Waals surface area contributed by atoms with Crippen LogP contribution in [0, 0.1) is 5.41 Å². The van der Waals surface area contributed by atoms with Crippen LogP contribution in [0.2, 0.25) is 0 Å². The monoisotopic (exact) mass is 302 g/mol. The van der Waals surface area contributed by atoms with Gasteiger partial charge in [0.2, 0.25) is 0 Å². The highest BCUT2D eigenvalue weighted by Gasteiger charge is 2.19. The molecular formula is C16H18N2O2S. The summed E-state index contributed by atoms with van der Waals surface area (Å²) in [7, 11) is 1.68. The van der Waals surface area contributed by atoms with Crippen LogP contribution in [0.5, 0.6) is 0 Å². The lowest BCUT2D eigenvalue weighted by Gasteiger charge is -2.12. The van der Waals surface area contributed by atoms with E-state index in [1.807, 2.05) is 32.9 Å². The minimum absolute atomic E-state index is 0.00674. The minimum atomic E-state index is -0.451. The first-order valence-corrected chi connectivity index (χ1v) is 7.44. The van der Waals surface area contributed by atoms with Crippen molar-refractivity contribution in [1.29, 1.82) is 0 Å². The van der Waals surface area contributed by atoms with Gasteiger partial charge in [0.15, 0.2) is 5.78 Å². The van der Waals surface area contributed by atoms with Gasteiger partial charge >= 0.3 is 0 Å². The van der Waals surface area contributed by atoms with Crippen LogP contribution in [-0.4, -0.2) is 15.3 Å². The summed E-state index contributed by atoms with van der Waals surface area (Å²) in [5.74, 6) is 0.00674. The number of carbonyl (C=O) groups is 1. The molecule has 0 aliphatic heterocycles. The zero-order valence-corrected chi connectivity index (χ0v) is 13.4. The van der Waals surface area contributed by atoms with Crippen molar-refractivity contribution >= 4 is 29.3 Å². The maximum Gasteiger partial charge on any atom is 0.268 e. The van der Waals surface area contributed by atoms with E-state index in [0.29, 0.717) is 9.20 Å². The zero-order valence-electron chi connectivity index (χ0n) is 12.6. The molecule has 0 spiro atoms. The Morgan fingerprint density at radius 1 is 1.38 bits per heavy atom. The number of aromatic nitrogens is 2. The van der Waals surface area contributed by atoms with E-state index >= 15 is 0 Å². The quantitative estimate of drug-likeness (QED) is 0.834. The highest BCUT2D eigenvalue weighted by Crippen LogP contribution is 2.14. The Labute approximate surface area is 127 Å². The van der Waals surface area contributed by atoms with E-state index in [0.717, 1.165) is 5.56 Å². The van der Waals surface area contributed by atoms with E-state index < -0.39 is 5.41 Å². The molecule has 0 fully saturated rings. The van der Waals surface area contributed by atoms with Crippen molar-refractivity contribution < 1.29 is 4.79 Å². The summed E-state index contributed by atoms with van der Waals surface area (Å²) in [6, 6.07) is 3.70. The Morgan fingerprint density at radius 2 is 2.10 bits per heavy atom. The first kappa shape index (κ1) is 15.4. The number of ketones is 1. The van der Waals surface area contributed by atoms with E-state index in [2.05, 4.69) is 4.98 Å². The SMILES string of the molecule is Cn1c(=O)/c(=C/c2cccnc2)s/c1=C/C(=O)C(C)(C)C. The number of nitrogens with zero attached hydrogens (tertiary/aromatic N) is 2. The fourth-order valence-corrected chi connectivity index (χ4v) is 2.68. The maximum atomic E-state index is 12.2. The fraction of sp³-hybridized carbons (Fsp3) is 0.312. The predicted octanol–water partition coefficient (Wildman–Crippen LogP) is 1.07. The highest BCUT2D eigenvalue weighted by molar-refractivity contribution is 7.07. The van der Waals surface area contributed by atoms with Crippen molar-refractivity contribution in [3.05, 3.63) is 49.6 Å². The van der Waals surface area contributed by atoms with Crippen LogP contribution >= 0.6 is 11.3 Å². The molecule has 4 nitrogen and oxygen atoms in total. The van der Waals surface area contributed by atoms with E-state index in [1.54, 1.807) is 31.6 Å². The summed E-state index contributed by atoms with van der Waals surface area (Å²) in [4.78, 5) is 28.3. The number of carbonyl (C=O) groups excluding carboxylic acids is 1. The molecule has 2 aromatic heterocycles. The Morgan fingerprint density at radius 3 is 2.67 bits per heavy atom. The number of pyridine rings is 1. The molecule has 0 radical (unpaired) electrons. The fourth-order valence-electron chi connectivity index (χ4n) is 1.65. The van der Waals surface area contributed by atoms with Gasteiger partial charge in [-0.2, -0.15) is 0 Å². The standard InChI is InChI=1S/C16H18N2O2S/c1-16(2,3)13(19)9-14-18(4)15(20)12(21-14)8-11-6-5-7-17-10-11/h5-10H,1-4H3/b12-8-,14-9+. The molecular weight excluding hydrogens is 284 g/mol. The van der Waals surface area contributed by atoms with Crippen LogP contribution in [0.4, 0.5) is 0 Å². The van der Waals surface area contributed by atoms with Crippen molar-refractivity contribution in [3.63, 3.8) is 0 Å². The first-order valence-electron chi connectivity index (χ1n) is 6.63. The van der Waals surface area contributed by atoms with Crippen molar-refractivity contribution in [3.8, 4) is 0 Å². The number of Topliss-reactive ketones (excluding diaryl/α,β-unsaturated/α-hetero) is 1. The van der Waals surface area contributed by atoms with Gasteiger partial charge in [-0.15, -0.1) is 11.3 Å². The molecule has 0 aliphatic carbocycles. The summed E-state index contributed by atoms with van der Waals surface area (Å²) in [6.07, 6.45) is 6.72. The number of rotatable bonds is 2. The molecule has 0 saturated heterocycles. The molecule has 0 aliphatic rings. The summed E-state index contributed by atoms with van der Waals surface area (Å²) < 4.78 is 2.77. The smallest absolute Gasteiger partial charge is 0.268 e. The lowest BCUT2D eigenvalue weighted by molar-refractivity contribution is -0.120. The van der Waals surface area contributed by atoms with Gasteiger partial charge < -0.3 is 4.57 Å². The second-order valence-corrected chi connectivity index (χ2v) is 6.92. The molecule has 0 bridgehead atoms. The molecule has 0 aromatic carbocycles. The third-order valence-corrected chi connectivity index (χ3v) is 4.15. The third kappa shape index (κ3) is 3.55. The summed E-state index contributed by atoms with van der Waals surface area (Å²) in [6.45, 7) is 5.58. The average molecular weight is 302 g/mol. The second-order valence-electron chi connectivity index (χ2n) is 5.86. The summed E-state index contributed by atoms with van der Waals surface area (Å²) >= 11 is 1.32. The lowest BCUT2D eigenvalue weighted by Crippen LogP contribution is -2.30. The van der Waals surface area contributed by atoms with Crippen molar-refractivity contribution in [2.45, 2.75) is 20.8 Å². The van der Waals surface area contributed by atoms with Crippen LogP contribution in [-0.2, 0) is 11.8 Å². The number of thiazole rings is 1. The van der Waals surface area contributed by atoms with Gasteiger partial charge in [0.05, 0.1) is 4.53 Å².